The summed E-state index contributed by atoms with van der Waals surface area (Å²) in [7, 11) is 0. The Hall–Kier alpha value is -1.53. The molecule has 0 rings (SSSR count). The third-order valence-corrected chi connectivity index (χ3v) is 0.754. The highest BCUT2D eigenvalue weighted by atomic mass is 19.2. The van der Waals surface area contributed by atoms with Crippen molar-refractivity contribution in [1.29, 1.82) is 0 Å². The van der Waals surface area contributed by atoms with Gasteiger partial charge in [-0.25, -0.2) is 9.59 Å². The summed E-state index contributed by atoms with van der Waals surface area (Å²) in [6, 6.07) is 0. The van der Waals surface area contributed by atoms with E-state index in [9.17, 15) is 14.0 Å². The van der Waals surface area contributed by atoms with Gasteiger partial charge in [-0.2, -0.15) is 4.39 Å². The SMILES string of the molecule is CC(F)(COC(=O)O)OC(=O)O. The molecule has 0 saturated carbocycles. The third-order valence-electron chi connectivity index (χ3n) is 0.754. The lowest BCUT2D eigenvalue weighted by Gasteiger charge is -2.16. The summed E-state index contributed by atoms with van der Waals surface area (Å²) >= 11 is 0. The number of carbonyl (C=O) groups is 2. The number of halogens is 1. The highest BCUT2D eigenvalue weighted by Gasteiger charge is 2.29. The monoisotopic (exact) mass is 182 g/mol. The molecular weight excluding hydrogens is 175 g/mol. The Morgan fingerprint density at radius 1 is 1.42 bits per heavy atom. The van der Waals surface area contributed by atoms with E-state index in [2.05, 4.69) is 9.47 Å². The predicted octanol–water partition coefficient (Wildman–Crippen LogP) is 1.06. The molecule has 0 aromatic carbocycles. The summed E-state index contributed by atoms with van der Waals surface area (Å²) in [4.78, 5) is 19.5. The molecule has 0 amide bonds. The first-order valence-corrected chi connectivity index (χ1v) is 2.80. The topological polar surface area (TPSA) is 93.1 Å². The molecule has 2 N–H and O–H groups in total. The zero-order valence-electron chi connectivity index (χ0n) is 6.11. The fourth-order valence-electron chi connectivity index (χ4n) is 0.402. The number of alkyl halides is 1. The van der Waals surface area contributed by atoms with Crippen LogP contribution in [0.25, 0.3) is 0 Å². The Morgan fingerprint density at radius 2 is 1.92 bits per heavy atom. The molecule has 70 valence electrons. The van der Waals surface area contributed by atoms with Crippen LogP contribution in [0, 0.1) is 0 Å². The minimum Gasteiger partial charge on any atom is -0.450 e. The summed E-state index contributed by atoms with van der Waals surface area (Å²) in [6.07, 6.45) is -3.54. The van der Waals surface area contributed by atoms with Gasteiger partial charge in [0.15, 0.2) is 6.61 Å². The summed E-state index contributed by atoms with van der Waals surface area (Å²) < 4.78 is 20.1. The smallest absolute Gasteiger partial charge is 0.450 e. The molecule has 0 aromatic heterocycles. The van der Waals surface area contributed by atoms with Gasteiger partial charge in [0.25, 0.3) is 5.85 Å². The number of carboxylic acid groups (broad SMARTS) is 2. The molecule has 1 atom stereocenters. The van der Waals surface area contributed by atoms with E-state index in [1.807, 2.05) is 0 Å². The van der Waals surface area contributed by atoms with Gasteiger partial charge in [-0.05, 0) is 0 Å². The van der Waals surface area contributed by atoms with Crippen LogP contribution in [-0.2, 0) is 9.47 Å². The van der Waals surface area contributed by atoms with Gasteiger partial charge in [0.2, 0.25) is 0 Å². The lowest BCUT2D eigenvalue weighted by atomic mass is 10.4. The molecule has 0 saturated heterocycles. The molecule has 0 bridgehead atoms. The summed E-state index contributed by atoms with van der Waals surface area (Å²) in [5, 5.41) is 15.9. The summed E-state index contributed by atoms with van der Waals surface area (Å²) in [6.45, 7) is -0.251. The molecule has 6 nitrogen and oxygen atoms in total. The van der Waals surface area contributed by atoms with Crippen molar-refractivity contribution in [3.05, 3.63) is 0 Å². The van der Waals surface area contributed by atoms with Gasteiger partial charge in [-0.15, -0.1) is 0 Å². The largest absolute Gasteiger partial charge is 0.508 e. The lowest BCUT2D eigenvalue weighted by molar-refractivity contribution is -0.131. The molecule has 0 heterocycles. The van der Waals surface area contributed by atoms with Crippen molar-refractivity contribution in [3.63, 3.8) is 0 Å². The van der Waals surface area contributed by atoms with Crippen LogP contribution < -0.4 is 0 Å². The van der Waals surface area contributed by atoms with Gasteiger partial charge in [0, 0.05) is 6.92 Å². The van der Waals surface area contributed by atoms with Crippen LogP contribution in [0.3, 0.4) is 0 Å². The van der Waals surface area contributed by atoms with Crippen molar-refractivity contribution in [3.8, 4) is 0 Å². The van der Waals surface area contributed by atoms with Crippen molar-refractivity contribution in [2.45, 2.75) is 12.8 Å². The zero-order valence-corrected chi connectivity index (χ0v) is 6.11. The minimum absolute atomic E-state index is 0.740. The summed E-state index contributed by atoms with van der Waals surface area (Å²) in [5.74, 6) is -2.65. The summed E-state index contributed by atoms with van der Waals surface area (Å²) in [5.41, 5.74) is 0. The number of hydrogen-bond acceptors (Lipinski definition) is 4. The van der Waals surface area contributed by atoms with Crippen LogP contribution in [0.1, 0.15) is 6.92 Å². The first-order valence-electron chi connectivity index (χ1n) is 2.80. The normalized spacial score (nSPS) is 14.5. The standard InChI is InChI=1S/C5H7FO6/c1-5(6,12-4(9)10)2-11-3(7)8/h2H2,1H3,(H,7,8)(H,9,10). The van der Waals surface area contributed by atoms with Crippen molar-refractivity contribution < 1.29 is 33.7 Å². The molecule has 0 aliphatic rings. The number of ether oxygens (including phenoxy) is 2. The van der Waals surface area contributed by atoms with Gasteiger partial charge in [-0.3, -0.25) is 0 Å². The molecule has 0 aliphatic carbocycles. The zero-order chi connectivity index (χ0) is 9.78. The van der Waals surface area contributed by atoms with E-state index in [0.29, 0.717) is 0 Å². The molecule has 7 heteroatoms. The van der Waals surface area contributed by atoms with Crippen molar-refractivity contribution in [2.24, 2.45) is 0 Å². The second-order valence-corrected chi connectivity index (χ2v) is 2.02. The Balaban J connectivity index is 3.86. The second kappa shape index (κ2) is 3.74. The quantitative estimate of drug-likeness (QED) is 0.634. The molecule has 0 fully saturated rings. The van der Waals surface area contributed by atoms with Gasteiger partial charge >= 0.3 is 12.3 Å². The molecule has 0 aromatic rings. The van der Waals surface area contributed by atoms with Crippen LogP contribution in [0.2, 0.25) is 0 Å². The maximum Gasteiger partial charge on any atom is 0.508 e. The number of rotatable bonds is 3. The first kappa shape index (κ1) is 10.5. The van der Waals surface area contributed by atoms with E-state index < -0.39 is 24.8 Å². The average Bonchev–Trinajstić information content (AvgIpc) is 1.81. The molecule has 1 unspecified atom stereocenters. The predicted molar refractivity (Wildman–Crippen MR) is 32.6 cm³/mol. The fourth-order valence-corrected chi connectivity index (χ4v) is 0.402. The van der Waals surface area contributed by atoms with E-state index in [4.69, 9.17) is 10.2 Å². The van der Waals surface area contributed by atoms with E-state index in [1.54, 1.807) is 0 Å². The lowest BCUT2D eigenvalue weighted by Crippen LogP contribution is -2.32. The fraction of sp³-hybridized carbons (Fsp3) is 0.600. The van der Waals surface area contributed by atoms with Crippen LogP contribution in [0.4, 0.5) is 14.0 Å². The van der Waals surface area contributed by atoms with Crippen LogP contribution in [-0.4, -0.2) is 35.0 Å². The van der Waals surface area contributed by atoms with Gasteiger partial charge < -0.3 is 19.7 Å². The Labute approximate surface area is 66.5 Å². The van der Waals surface area contributed by atoms with Gasteiger partial charge in [0.05, 0.1) is 0 Å². The average molecular weight is 182 g/mol. The maximum atomic E-state index is 12.7. The second-order valence-electron chi connectivity index (χ2n) is 2.02. The Morgan fingerprint density at radius 3 is 2.25 bits per heavy atom. The van der Waals surface area contributed by atoms with Crippen molar-refractivity contribution >= 4 is 12.3 Å². The van der Waals surface area contributed by atoms with Gasteiger partial charge in [-0.1, -0.05) is 0 Å². The maximum absolute atomic E-state index is 12.7. The molecule has 12 heavy (non-hydrogen) atoms. The van der Waals surface area contributed by atoms with E-state index in [-0.39, 0.29) is 0 Å². The molecular formula is C5H7FO6. The van der Waals surface area contributed by atoms with Crippen LogP contribution in [0.5, 0.6) is 0 Å². The Kier molecular flexibility index (Phi) is 3.27. The molecule has 0 spiro atoms. The van der Waals surface area contributed by atoms with E-state index >= 15 is 0 Å². The minimum atomic E-state index is -2.65. The van der Waals surface area contributed by atoms with E-state index in [0.717, 1.165) is 6.92 Å². The van der Waals surface area contributed by atoms with E-state index in [1.165, 1.54) is 0 Å². The Bertz CT molecular complexity index is 188. The highest BCUT2D eigenvalue weighted by Crippen LogP contribution is 2.12. The van der Waals surface area contributed by atoms with Crippen molar-refractivity contribution in [1.82, 2.24) is 0 Å². The molecule has 0 aliphatic heterocycles. The highest BCUT2D eigenvalue weighted by molar-refractivity contribution is 5.58. The first-order chi connectivity index (χ1) is 5.33. The third kappa shape index (κ3) is 5.27. The van der Waals surface area contributed by atoms with Gasteiger partial charge in [0.1, 0.15) is 0 Å². The van der Waals surface area contributed by atoms with Crippen LogP contribution >= 0.6 is 0 Å². The number of hydrogen-bond donors (Lipinski definition) is 2. The van der Waals surface area contributed by atoms with Crippen molar-refractivity contribution in [2.75, 3.05) is 6.61 Å². The molecule has 0 radical (unpaired) electrons. The van der Waals surface area contributed by atoms with Crippen LogP contribution in [0.15, 0.2) is 0 Å².